The number of rotatable bonds is 4. The molecule has 0 saturated carbocycles. The number of hydrogen-bond acceptors (Lipinski definition) is 3. The van der Waals surface area contributed by atoms with E-state index in [-0.39, 0.29) is 18.1 Å². The van der Waals surface area contributed by atoms with Crippen molar-refractivity contribution in [2.24, 2.45) is 5.41 Å². The van der Waals surface area contributed by atoms with Gasteiger partial charge < -0.3 is 14.6 Å². The summed E-state index contributed by atoms with van der Waals surface area (Å²) < 4.78 is 10.9. The molecule has 1 atom stereocenters. The molecular weight excluding hydrogens is 168 g/mol. The first-order valence-electron chi connectivity index (χ1n) is 4.94. The fourth-order valence-corrected chi connectivity index (χ4v) is 1.23. The monoisotopic (exact) mass is 188 g/mol. The van der Waals surface area contributed by atoms with Gasteiger partial charge in [-0.15, -0.1) is 0 Å². The average molecular weight is 188 g/mol. The lowest BCUT2D eigenvalue weighted by Crippen LogP contribution is -2.31. The van der Waals surface area contributed by atoms with Crippen LogP contribution < -0.4 is 0 Å². The predicted octanol–water partition coefficient (Wildman–Crippen LogP) is 1.20. The van der Waals surface area contributed by atoms with E-state index in [4.69, 9.17) is 14.6 Å². The first kappa shape index (κ1) is 11.0. The zero-order valence-electron chi connectivity index (χ0n) is 8.58. The molecule has 1 heterocycles. The largest absolute Gasteiger partial charge is 0.396 e. The highest BCUT2D eigenvalue weighted by molar-refractivity contribution is 4.69. The predicted molar refractivity (Wildman–Crippen MR) is 50.7 cm³/mol. The molecule has 1 fully saturated rings. The Bertz CT molecular complexity index is 139. The van der Waals surface area contributed by atoms with Gasteiger partial charge in [0.2, 0.25) is 0 Å². The summed E-state index contributed by atoms with van der Waals surface area (Å²) >= 11 is 0. The van der Waals surface area contributed by atoms with E-state index in [1.807, 2.05) is 13.8 Å². The maximum atomic E-state index is 9.01. The Morgan fingerprint density at radius 2 is 2.31 bits per heavy atom. The number of ether oxygens (including phenoxy) is 2. The highest BCUT2D eigenvalue weighted by atomic mass is 16.5. The third-order valence-electron chi connectivity index (χ3n) is 2.26. The van der Waals surface area contributed by atoms with E-state index < -0.39 is 0 Å². The van der Waals surface area contributed by atoms with Crippen molar-refractivity contribution >= 4 is 0 Å². The van der Waals surface area contributed by atoms with Gasteiger partial charge in [0.1, 0.15) is 0 Å². The van der Waals surface area contributed by atoms with Gasteiger partial charge in [0.15, 0.2) is 0 Å². The van der Waals surface area contributed by atoms with E-state index in [0.717, 1.165) is 19.4 Å². The Morgan fingerprint density at radius 1 is 1.54 bits per heavy atom. The summed E-state index contributed by atoms with van der Waals surface area (Å²) in [5, 5.41) is 9.01. The van der Waals surface area contributed by atoms with Gasteiger partial charge in [0.05, 0.1) is 25.9 Å². The zero-order chi connectivity index (χ0) is 9.73. The molecule has 1 aliphatic rings. The Kier molecular flexibility index (Phi) is 4.16. The van der Waals surface area contributed by atoms with Crippen LogP contribution in [0.15, 0.2) is 0 Å². The van der Waals surface area contributed by atoms with Crippen LogP contribution in [0.3, 0.4) is 0 Å². The first-order chi connectivity index (χ1) is 6.14. The third kappa shape index (κ3) is 4.07. The summed E-state index contributed by atoms with van der Waals surface area (Å²) in [6, 6.07) is 0. The minimum absolute atomic E-state index is 0.128. The fraction of sp³-hybridized carbons (Fsp3) is 1.00. The van der Waals surface area contributed by atoms with Crippen LogP contribution in [0.25, 0.3) is 0 Å². The molecule has 1 N–H and O–H groups in total. The van der Waals surface area contributed by atoms with Gasteiger partial charge in [-0.05, 0) is 12.8 Å². The van der Waals surface area contributed by atoms with E-state index >= 15 is 0 Å². The summed E-state index contributed by atoms with van der Waals surface area (Å²) in [5.41, 5.74) is -0.128. The van der Waals surface area contributed by atoms with Crippen molar-refractivity contribution in [1.82, 2.24) is 0 Å². The van der Waals surface area contributed by atoms with E-state index in [0.29, 0.717) is 13.2 Å². The molecule has 3 heteroatoms. The van der Waals surface area contributed by atoms with Crippen LogP contribution in [-0.2, 0) is 9.47 Å². The number of aliphatic hydroxyl groups excluding tert-OH is 1. The second kappa shape index (κ2) is 4.94. The van der Waals surface area contributed by atoms with Gasteiger partial charge in [0, 0.05) is 12.0 Å². The van der Waals surface area contributed by atoms with E-state index in [9.17, 15) is 0 Å². The van der Waals surface area contributed by atoms with Crippen LogP contribution in [0.2, 0.25) is 0 Å². The lowest BCUT2D eigenvalue weighted by atomic mass is 9.96. The normalized spacial score (nSPS) is 24.7. The van der Waals surface area contributed by atoms with E-state index in [1.54, 1.807) is 0 Å². The molecular formula is C10H20O3. The third-order valence-corrected chi connectivity index (χ3v) is 2.26. The summed E-state index contributed by atoms with van der Waals surface area (Å²) in [7, 11) is 0. The van der Waals surface area contributed by atoms with Crippen LogP contribution in [0, 0.1) is 5.41 Å². The molecule has 0 aromatic heterocycles. The molecule has 78 valence electrons. The number of aliphatic hydroxyl groups is 1. The van der Waals surface area contributed by atoms with E-state index in [1.165, 1.54) is 0 Å². The Balaban J connectivity index is 2.17. The molecule has 1 aliphatic heterocycles. The molecule has 1 saturated heterocycles. The molecule has 0 aromatic rings. The molecule has 0 aromatic carbocycles. The smallest absolute Gasteiger partial charge is 0.0809 e. The highest BCUT2D eigenvalue weighted by Gasteiger charge is 2.21. The minimum Gasteiger partial charge on any atom is -0.396 e. The Hall–Kier alpha value is -0.120. The van der Waals surface area contributed by atoms with Gasteiger partial charge in [-0.25, -0.2) is 0 Å². The van der Waals surface area contributed by atoms with Crippen molar-refractivity contribution in [1.29, 1.82) is 0 Å². The maximum absolute atomic E-state index is 9.01. The highest BCUT2D eigenvalue weighted by Crippen LogP contribution is 2.17. The number of hydrogen-bond donors (Lipinski definition) is 1. The zero-order valence-corrected chi connectivity index (χ0v) is 8.58. The molecule has 1 unspecified atom stereocenters. The lowest BCUT2D eigenvalue weighted by Gasteiger charge is -2.27. The van der Waals surface area contributed by atoms with Crippen molar-refractivity contribution < 1.29 is 14.6 Å². The standard InChI is InChI=1S/C10H20O3/c1-10(2,7-11)8-13-9-4-3-5-12-6-9/h9,11H,3-8H2,1-2H3. The molecule has 13 heavy (non-hydrogen) atoms. The average Bonchev–Trinajstić information content (AvgIpc) is 2.17. The molecule has 3 nitrogen and oxygen atoms in total. The molecule has 0 aliphatic carbocycles. The van der Waals surface area contributed by atoms with Gasteiger partial charge >= 0.3 is 0 Å². The summed E-state index contributed by atoms with van der Waals surface area (Å²) in [5.74, 6) is 0. The van der Waals surface area contributed by atoms with Gasteiger partial charge in [-0.1, -0.05) is 13.8 Å². The fourth-order valence-electron chi connectivity index (χ4n) is 1.23. The second-order valence-corrected chi connectivity index (χ2v) is 4.47. The molecule has 1 rings (SSSR count). The van der Waals surface area contributed by atoms with Crippen molar-refractivity contribution in [3.05, 3.63) is 0 Å². The molecule has 0 amide bonds. The summed E-state index contributed by atoms with van der Waals surface area (Å²) in [6.45, 7) is 6.34. The van der Waals surface area contributed by atoms with E-state index in [2.05, 4.69) is 0 Å². The van der Waals surface area contributed by atoms with Crippen LogP contribution in [-0.4, -0.2) is 37.6 Å². The van der Waals surface area contributed by atoms with Crippen molar-refractivity contribution in [2.75, 3.05) is 26.4 Å². The van der Waals surface area contributed by atoms with Gasteiger partial charge in [0.25, 0.3) is 0 Å². The van der Waals surface area contributed by atoms with Crippen molar-refractivity contribution in [3.8, 4) is 0 Å². The van der Waals surface area contributed by atoms with Crippen molar-refractivity contribution in [3.63, 3.8) is 0 Å². The molecule has 0 radical (unpaired) electrons. The quantitative estimate of drug-likeness (QED) is 0.720. The minimum atomic E-state index is -0.128. The van der Waals surface area contributed by atoms with Gasteiger partial charge in [-0.3, -0.25) is 0 Å². The molecule has 0 spiro atoms. The maximum Gasteiger partial charge on any atom is 0.0809 e. The van der Waals surface area contributed by atoms with Crippen molar-refractivity contribution in [2.45, 2.75) is 32.8 Å². The second-order valence-electron chi connectivity index (χ2n) is 4.47. The van der Waals surface area contributed by atoms with Gasteiger partial charge in [-0.2, -0.15) is 0 Å². The Labute approximate surface area is 80.0 Å². The molecule has 0 bridgehead atoms. The first-order valence-corrected chi connectivity index (χ1v) is 4.94. The van der Waals surface area contributed by atoms with Crippen LogP contribution >= 0.6 is 0 Å². The summed E-state index contributed by atoms with van der Waals surface area (Å²) in [6.07, 6.45) is 2.41. The topological polar surface area (TPSA) is 38.7 Å². The lowest BCUT2D eigenvalue weighted by molar-refractivity contribution is -0.0787. The van der Waals surface area contributed by atoms with Crippen LogP contribution in [0.1, 0.15) is 26.7 Å². The van der Waals surface area contributed by atoms with Crippen LogP contribution in [0.5, 0.6) is 0 Å². The summed E-state index contributed by atoms with van der Waals surface area (Å²) in [4.78, 5) is 0. The Morgan fingerprint density at radius 3 is 2.85 bits per heavy atom. The van der Waals surface area contributed by atoms with Crippen LogP contribution in [0.4, 0.5) is 0 Å². The SMILES string of the molecule is CC(C)(CO)COC1CCCOC1.